The summed E-state index contributed by atoms with van der Waals surface area (Å²) in [5.74, 6) is 0. The van der Waals surface area contributed by atoms with Gasteiger partial charge in [-0.25, -0.2) is 0 Å². The molecule has 0 aromatic carbocycles. The Bertz CT molecular complexity index is 6.49. The second-order valence-electron chi connectivity index (χ2n) is 0. The van der Waals surface area contributed by atoms with Crippen molar-refractivity contribution in [3.63, 3.8) is 0 Å². The maximum absolute atomic E-state index is 0. The summed E-state index contributed by atoms with van der Waals surface area (Å²) >= 11 is 0. The first-order valence-corrected chi connectivity index (χ1v) is 0. The fraction of sp³-hybridized carbons (Fsp3) is 0. The standard InChI is InChI=1S/6FH.2Si/h6*1H;;/q;;;;;;2*+4/p-6. The normalized spacial score (nSPS) is 0. The second-order valence-corrected chi connectivity index (χ2v) is 0. The molecule has 0 saturated heterocycles. The van der Waals surface area contributed by atoms with Crippen LogP contribution in [0.2, 0.25) is 0 Å². The SMILES string of the molecule is [F-].[F-].[F-].[F-].[F-].[F-].[Si+4].[Si+4]. The van der Waals surface area contributed by atoms with Crippen LogP contribution in [0, 0.1) is 0 Å². The van der Waals surface area contributed by atoms with Crippen molar-refractivity contribution in [2.24, 2.45) is 0 Å². The van der Waals surface area contributed by atoms with E-state index in [1.807, 2.05) is 0 Å². The molecule has 0 fully saturated rings. The fourth-order valence-electron chi connectivity index (χ4n) is 0. The maximum Gasteiger partial charge on any atom is 4.00 e. The molecule has 0 atom stereocenters. The van der Waals surface area contributed by atoms with Crippen molar-refractivity contribution in [1.82, 2.24) is 0 Å². The van der Waals surface area contributed by atoms with E-state index in [0.29, 0.717) is 0 Å². The monoisotopic (exact) mass is 170 g/mol. The molecule has 0 aromatic heterocycles. The summed E-state index contributed by atoms with van der Waals surface area (Å²) < 4.78 is 0. The van der Waals surface area contributed by atoms with E-state index in [1.165, 1.54) is 0 Å². The minimum atomic E-state index is 0. The van der Waals surface area contributed by atoms with Gasteiger partial charge in [-0.1, -0.05) is 0 Å². The van der Waals surface area contributed by atoms with Crippen molar-refractivity contribution in [1.29, 1.82) is 0 Å². The third-order valence-electron chi connectivity index (χ3n) is 0. The summed E-state index contributed by atoms with van der Waals surface area (Å²) in [6.07, 6.45) is 0. The summed E-state index contributed by atoms with van der Waals surface area (Å²) in [6.45, 7) is 0. The van der Waals surface area contributed by atoms with Crippen molar-refractivity contribution in [2.75, 3.05) is 0 Å². The molecule has 0 aliphatic rings. The van der Waals surface area contributed by atoms with Crippen LogP contribution in [0.5, 0.6) is 0 Å². The van der Waals surface area contributed by atoms with Gasteiger partial charge in [-0.2, -0.15) is 0 Å². The number of halogens is 6. The Hall–Kier alpha value is 0.0138. The van der Waals surface area contributed by atoms with Crippen LogP contribution in [0.1, 0.15) is 0 Å². The van der Waals surface area contributed by atoms with Crippen molar-refractivity contribution in [3.05, 3.63) is 0 Å². The number of rotatable bonds is 0. The molecular weight excluding hydrogens is 170 g/mol. The Morgan fingerprint density at radius 3 is 0.250 bits per heavy atom. The van der Waals surface area contributed by atoms with Crippen LogP contribution in [0.3, 0.4) is 0 Å². The summed E-state index contributed by atoms with van der Waals surface area (Å²) in [6, 6.07) is 0. The molecule has 0 N–H and O–H groups in total. The predicted molar refractivity (Wildman–Crippen MR) is 11.5 cm³/mol. The van der Waals surface area contributed by atoms with Crippen LogP contribution in [-0.2, 0) is 0 Å². The molecule has 0 aliphatic carbocycles. The molecule has 0 amide bonds. The van der Waals surface area contributed by atoms with Crippen LogP contribution in [0.15, 0.2) is 0 Å². The molecule has 48 valence electrons. The molecule has 0 aromatic rings. The first-order chi connectivity index (χ1) is 0. The van der Waals surface area contributed by atoms with E-state index >= 15 is 0 Å². The molecule has 0 aliphatic heterocycles. The van der Waals surface area contributed by atoms with E-state index in [2.05, 4.69) is 0 Å². The third kappa shape index (κ3) is 798000. The molecule has 0 bridgehead atoms. The van der Waals surface area contributed by atoms with Crippen LogP contribution < -0.4 is 28.2 Å². The van der Waals surface area contributed by atoms with Gasteiger partial charge < -0.3 is 28.2 Å². The van der Waals surface area contributed by atoms with E-state index in [0.717, 1.165) is 0 Å². The minimum Gasteiger partial charge on any atom is -1.00 e. The van der Waals surface area contributed by atoms with Crippen LogP contribution in [-0.4, -0.2) is 21.9 Å². The van der Waals surface area contributed by atoms with Gasteiger partial charge in [0.15, 0.2) is 0 Å². The Labute approximate surface area is 51.3 Å². The van der Waals surface area contributed by atoms with Crippen LogP contribution >= 0.6 is 0 Å². The molecule has 0 spiro atoms. The van der Waals surface area contributed by atoms with Crippen molar-refractivity contribution in [2.45, 2.75) is 0 Å². The molecule has 0 nitrogen and oxygen atoms in total. The summed E-state index contributed by atoms with van der Waals surface area (Å²) in [5.41, 5.74) is 0. The van der Waals surface area contributed by atoms with Crippen molar-refractivity contribution >= 4 is 21.9 Å². The van der Waals surface area contributed by atoms with Gasteiger partial charge >= 0.3 is 21.9 Å². The predicted octanol–water partition coefficient (Wildman–Crippen LogP) is -18.7. The van der Waals surface area contributed by atoms with E-state index < -0.39 is 0 Å². The maximum atomic E-state index is 0. The van der Waals surface area contributed by atoms with Gasteiger partial charge in [0.25, 0.3) is 0 Å². The quantitative estimate of drug-likeness (QED) is 0.250. The van der Waals surface area contributed by atoms with E-state index in [9.17, 15) is 0 Å². The first-order valence-electron chi connectivity index (χ1n) is 0. The largest absolute Gasteiger partial charge is 4.00 e. The smallest absolute Gasteiger partial charge is 1.00 e. The molecule has 0 rings (SSSR count). The average Bonchev–Trinajstić information content (AvgIpc) is 0. The van der Waals surface area contributed by atoms with Gasteiger partial charge in [0.2, 0.25) is 0 Å². The fourth-order valence-corrected chi connectivity index (χ4v) is 0. The molecule has 0 heterocycles. The zero-order valence-electron chi connectivity index (χ0n) is 3.27. The molecular formula is F6Si2+2. The van der Waals surface area contributed by atoms with Gasteiger partial charge in [-0.05, 0) is 0 Å². The topological polar surface area (TPSA) is 0 Å². The Balaban J connectivity index is 0. The molecule has 0 unspecified atom stereocenters. The zero-order valence-corrected chi connectivity index (χ0v) is 5.27. The number of hydrogen-bond acceptors (Lipinski definition) is 0. The number of hydrogen-bond donors (Lipinski definition) is 0. The Kier molecular flexibility index (Phi) is 348000000000. The summed E-state index contributed by atoms with van der Waals surface area (Å²) in [5, 5.41) is 0. The van der Waals surface area contributed by atoms with E-state index in [1.54, 1.807) is 0 Å². The van der Waals surface area contributed by atoms with Gasteiger partial charge in [0.1, 0.15) is 0 Å². The van der Waals surface area contributed by atoms with Crippen molar-refractivity contribution in [3.8, 4) is 0 Å². The third-order valence-corrected chi connectivity index (χ3v) is 0. The molecule has 8 heteroatoms. The van der Waals surface area contributed by atoms with Gasteiger partial charge in [-0.15, -0.1) is 0 Å². The zero-order chi connectivity index (χ0) is 0. The summed E-state index contributed by atoms with van der Waals surface area (Å²) in [4.78, 5) is 0. The molecule has 0 radical (unpaired) electrons. The minimum absolute atomic E-state index is 0. The van der Waals surface area contributed by atoms with Gasteiger partial charge in [-0.3, -0.25) is 0 Å². The van der Waals surface area contributed by atoms with E-state index in [4.69, 9.17) is 0 Å². The second kappa shape index (κ2) is 1340000. The van der Waals surface area contributed by atoms with Gasteiger partial charge in [0, 0.05) is 0 Å². The van der Waals surface area contributed by atoms with Crippen LogP contribution in [0.4, 0.5) is 0 Å². The average molecular weight is 170 g/mol. The summed E-state index contributed by atoms with van der Waals surface area (Å²) in [7, 11) is 0. The Morgan fingerprint density at radius 2 is 0.250 bits per heavy atom. The van der Waals surface area contributed by atoms with Crippen LogP contribution in [0.25, 0.3) is 0 Å². The Morgan fingerprint density at radius 1 is 0.250 bits per heavy atom. The van der Waals surface area contributed by atoms with E-state index in [-0.39, 0.29) is 50.2 Å². The first kappa shape index (κ1) is 2080000. The van der Waals surface area contributed by atoms with Gasteiger partial charge in [0.05, 0.1) is 0 Å². The molecule has 0 saturated carbocycles. The van der Waals surface area contributed by atoms with Crippen molar-refractivity contribution < 1.29 is 28.2 Å². The molecule has 8 heavy (non-hydrogen) atoms.